The van der Waals surface area contributed by atoms with Crippen molar-refractivity contribution in [3.05, 3.63) is 64.7 Å². The first-order chi connectivity index (χ1) is 10.7. The molecule has 2 aromatic rings. The van der Waals surface area contributed by atoms with E-state index in [-0.39, 0.29) is 0 Å². The van der Waals surface area contributed by atoms with E-state index in [1.807, 2.05) is 36.4 Å². The number of anilines is 1. The van der Waals surface area contributed by atoms with Crippen LogP contribution in [0.4, 0.5) is 5.69 Å². The molecule has 0 aromatic heterocycles. The molecular formula is C16H14ClN5. The van der Waals surface area contributed by atoms with E-state index >= 15 is 0 Å². The number of nitrogens with one attached hydrogen (secondary N) is 1. The molecule has 0 spiro atoms. The largest absolute Gasteiger partial charge is 0.336 e. The van der Waals surface area contributed by atoms with Crippen LogP contribution >= 0.6 is 11.6 Å². The molecule has 3 rings (SSSR count). The first kappa shape index (κ1) is 14.2. The van der Waals surface area contributed by atoms with Crippen molar-refractivity contribution in [3.8, 4) is 6.07 Å². The summed E-state index contributed by atoms with van der Waals surface area (Å²) in [5, 5.41) is 15.6. The third-order valence-corrected chi connectivity index (χ3v) is 3.49. The molecule has 1 aliphatic heterocycles. The maximum absolute atomic E-state index is 8.79. The van der Waals surface area contributed by atoms with Gasteiger partial charge in [-0.25, -0.2) is 0 Å². The van der Waals surface area contributed by atoms with Crippen molar-refractivity contribution in [1.82, 2.24) is 10.0 Å². The lowest BCUT2D eigenvalue weighted by Gasteiger charge is -2.20. The highest BCUT2D eigenvalue weighted by Crippen LogP contribution is 2.15. The lowest BCUT2D eigenvalue weighted by molar-refractivity contribution is 0.271. The van der Waals surface area contributed by atoms with Crippen molar-refractivity contribution in [1.29, 1.82) is 5.26 Å². The second-order valence-electron chi connectivity index (χ2n) is 4.95. The number of nitriles is 1. The molecule has 1 aliphatic rings. The van der Waals surface area contributed by atoms with E-state index in [1.54, 1.807) is 23.6 Å². The quantitative estimate of drug-likeness (QED) is 0.941. The topological polar surface area (TPSA) is 54.7 Å². The number of halogens is 1. The first-order valence-electron chi connectivity index (χ1n) is 6.80. The van der Waals surface area contributed by atoms with Gasteiger partial charge in [0.05, 0.1) is 17.3 Å². The zero-order chi connectivity index (χ0) is 15.4. The van der Waals surface area contributed by atoms with Gasteiger partial charge in [-0.2, -0.15) is 10.4 Å². The number of rotatable bonds is 4. The van der Waals surface area contributed by atoms with Crippen LogP contribution in [-0.2, 0) is 6.54 Å². The van der Waals surface area contributed by atoms with Crippen LogP contribution in [0, 0.1) is 11.3 Å². The van der Waals surface area contributed by atoms with Crippen molar-refractivity contribution in [2.45, 2.75) is 6.54 Å². The van der Waals surface area contributed by atoms with Crippen molar-refractivity contribution in [2.24, 2.45) is 5.10 Å². The van der Waals surface area contributed by atoms with Crippen LogP contribution in [-0.4, -0.2) is 23.0 Å². The van der Waals surface area contributed by atoms with Crippen LogP contribution in [0.15, 0.2) is 53.6 Å². The molecule has 0 atom stereocenters. The molecule has 0 bridgehead atoms. The summed E-state index contributed by atoms with van der Waals surface area (Å²) < 4.78 is 0. The van der Waals surface area contributed by atoms with Gasteiger partial charge in [-0.15, -0.1) is 5.10 Å². The minimum Gasteiger partial charge on any atom is -0.336 e. The summed E-state index contributed by atoms with van der Waals surface area (Å²) in [7, 11) is 0. The number of hydrogen-bond acceptors (Lipinski definition) is 5. The average Bonchev–Trinajstić information content (AvgIpc) is 2.97. The van der Waals surface area contributed by atoms with E-state index in [2.05, 4.69) is 21.5 Å². The Morgan fingerprint density at radius 3 is 2.55 bits per heavy atom. The molecular weight excluding hydrogens is 298 g/mol. The highest BCUT2D eigenvalue weighted by atomic mass is 35.5. The van der Waals surface area contributed by atoms with Crippen LogP contribution in [0.1, 0.15) is 11.1 Å². The maximum atomic E-state index is 8.79. The van der Waals surface area contributed by atoms with E-state index < -0.39 is 0 Å². The van der Waals surface area contributed by atoms with Gasteiger partial charge in [0.25, 0.3) is 0 Å². The molecule has 0 aliphatic carbocycles. The lowest BCUT2D eigenvalue weighted by Crippen LogP contribution is -2.30. The van der Waals surface area contributed by atoms with E-state index in [4.69, 9.17) is 16.9 Å². The Labute approximate surface area is 134 Å². The smallest absolute Gasteiger partial charge is 0.130 e. The van der Waals surface area contributed by atoms with Crippen LogP contribution < -0.4 is 5.43 Å². The fourth-order valence-corrected chi connectivity index (χ4v) is 2.25. The predicted molar refractivity (Wildman–Crippen MR) is 87.0 cm³/mol. The van der Waals surface area contributed by atoms with Gasteiger partial charge >= 0.3 is 0 Å². The Morgan fingerprint density at radius 1 is 1.14 bits per heavy atom. The second kappa shape index (κ2) is 6.37. The van der Waals surface area contributed by atoms with Crippen LogP contribution in [0.3, 0.4) is 0 Å². The zero-order valence-corrected chi connectivity index (χ0v) is 12.5. The molecule has 2 aromatic carbocycles. The Kier molecular flexibility index (Phi) is 4.12. The molecule has 110 valence electrons. The average molecular weight is 312 g/mol. The molecule has 0 amide bonds. The molecule has 0 fully saturated rings. The number of benzene rings is 2. The highest BCUT2D eigenvalue weighted by molar-refractivity contribution is 6.30. The summed E-state index contributed by atoms with van der Waals surface area (Å²) in [5.41, 5.74) is 5.89. The summed E-state index contributed by atoms with van der Waals surface area (Å²) in [6, 6.07) is 17.1. The van der Waals surface area contributed by atoms with Crippen LogP contribution in [0.2, 0.25) is 5.02 Å². The summed E-state index contributed by atoms with van der Waals surface area (Å²) in [6.07, 6.45) is 1.80. The van der Waals surface area contributed by atoms with Crippen molar-refractivity contribution in [3.63, 3.8) is 0 Å². The molecule has 1 heterocycles. The summed E-state index contributed by atoms with van der Waals surface area (Å²) in [6.45, 7) is 1.41. The SMILES string of the molecule is N#Cc1ccc(NN2CN(Cc3ccc(Cl)cc3)C=N2)cc1. The standard InChI is InChI=1S/C16H14ClN5/c17-15-5-1-14(2-6-15)10-21-11-19-22(12-21)20-16-7-3-13(9-18)4-8-16/h1-8,11,20H,10,12H2. The predicted octanol–water partition coefficient (Wildman–Crippen LogP) is 3.26. The molecule has 0 unspecified atom stereocenters. The third-order valence-electron chi connectivity index (χ3n) is 3.24. The molecule has 0 radical (unpaired) electrons. The maximum Gasteiger partial charge on any atom is 0.130 e. The Bertz CT molecular complexity index is 703. The Morgan fingerprint density at radius 2 is 1.86 bits per heavy atom. The van der Waals surface area contributed by atoms with Gasteiger partial charge in [-0.1, -0.05) is 23.7 Å². The number of nitrogens with zero attached hydrogens (tertiary/aromatic N) is 4. The summed E-state index contributed by atoms with van der Waals surface area (Å²) in [5.74, 6) is 0. The van der Waals surface area contributed by atoms with Gasteiger partial charge in [0, 0.05) is 11.6 Å². The molecule has 5 nitrogen and oxygen atoms in total. The van der Waals surface area contributed by atoms with E-state index in [0.29, 0.717) is 12.2 Å². The van der Waals surface area contributed by atoms with E-state index in [0.717, 1.165) is 17.3 Å². The number of hydrogen-bond donors (Lipinski definition) is 1. The Balaban J connectivity index is 1.55. The van der Waals surface area contributed by atoms with Gasteiger partial charge in [-0.05, 0) is 42.0 Å². The fourth-order valence-electron chi connectivity index (χ4n) is 2.13. The zero-order valence-electron chi connectivity index (χ0n) is 11.8. The van der Waals surface area contributed by atoms with Crippen molar-refractivity contribution >= 4 is 23.6 Å². The number of hydrazone groups is 1. The van der Waals surface area contributed by atoms with Gasteiger partial charge in [0.1, 0.15) is 13.0 Å². The molecule has 1 N–H and O–H groups in total. The van der Waals surface area contributed by atoms with Crippen molar-refractivity contribution in [2.75, 3.05) is 12.1 Å². The molecule has 22 heavy (non-hydrogen) atoms. The van der Waals surface area contributed by atoms with Crippen molar-refractivity contribution < 1.29 is 0 Å². The van der Waals surface area contributed by atoms with Gasteiger partial charge < -0.3 is 4.90 Å². The van der Waals surface area contributed by atoms with E-state index in [1.165, 1.54) is 5.56 Å². The fraction of sp³-hybridized carbons (Fsp3) is 0.125. The van der Waals surface area contributed by atoms with Crippen LogP contribution in [0.25, 0.3) is 0 Å². The van der Waals surface area contributed by atoms with E-state index in [9.17, 15) is 0 Å². The normalized spacial score (nSPS) is 13.3. The monoisotopic (exact) mass is 311 g/mol. The Hall–Kier alpha value is -2.71. The minimum absolute atomic E-state index is 0.639. The minimum atomic E-state index is 0.639. The third kappa shape index (κ3) is 3.48. The summed E-state index contributed by atoms with van der Waals surface area (Å²) >= 11 is 5.89. The molecule has 0 saturated carbocycles. The van der Waals surface area contributed by atoms with Gasteiger partial charge in [0.2, 0.25) is 0 Å². The summed E-state index contributed by atoms with van der Waals surface area (Å²) in [4.78, 5) is 2.08. The lowest BCUT2D eigenvalue weighted by atomic mass is 10.2. The number of hydrazine groups is 1. The van der Waals surface area contributed by atoms with Gasteiger partial charge in [0.15, 0.2) is 0 Å². The molecule has 0 saturated heterocycles. The second-order valence-corrected chi connectivity index (χ2v) is 5.38. The first-order valence-corrected chi connectivity index (χ1v) is 7.18. The highest BCUT2D eigenvalue weighted by Gasteiger charge is 2.14. The molecule has 6 heteroatoms. The van der Waals surface area contributed by atoms with Crippen LogP contribution in [0.5, 0.6) is 0 Å². The van der Waals surface area contributed by atoms with Gasteiger partial charge in [-0.3, -0.25) is 5.43 Å².